The summed E-state index contributed by atoms with van der Waals surface area (Å²) in [5, 5.41) is 2.66. The SMILES string of the molecule is Nc1nc(Sc2ccc(Br)cn2)c2ccccc2n1. The molecule has 6 heteroatoms. The fourth-order valence-electron chi connectivity index (χ4n) is 1.66. The Bertz CT molecular complexity index is 730. The molecule has 0 radical (unpaired) electrons. The first kappa shape index (κ1) is 12.4. The number of nitrogens with two attached hydrogens (primary N) is 1. The lowest BCUT2D eigenvalue weighted by atomic mass is 10.2. The van der Waals surface area contributed by atoms with Gasteiger partial charge < -0.3 is 5.73 Å². The van der Waals surface area contributed by atoms with Crippen LogP contribution in [0.3, 0.4) is 0 Å². The standard InChI is InChI=1S/C13H9BrN4S/c14-8-5-6-11(16-7-8)19-12-9-3-1-2-4-10(9)17-13(15)18-12/h1-7H,(H2,15,17,18). The van der Waals surface area contributed by atoms with Gasteiger partial charge in [-0.1, -0.05) is 18.2 Å². The number of nitrogens with zero attached hydrogens (tertiary/aromatic N) is 3. The maximum atomic E-state index is 5.74. The van der Waals surface area contributed by atoms with Crippen LogP contribution in [-0.4, -0.2) is 15.0 Å². The smallest absolute Gasteiger partial charge is 0.221 e. The molecule has 19 heavy (non-hydrogen) atoms. The van der Waals surface area contributed by atoms with Gasteiger partial charge in [0.05, 0.1) is 5.52 Å². The second-order valence-corrected chi connectivity index (χ2v) is 5.75. The first-order chi connectivity index (χ1) is 9.22. The molecule has 4 nitrogen and oxygen atoms in total. The van der Waals surface area contributed by atoms with Gasteiger partial charge in [-0.15, -0.1) is 0 Å². The molecular formula is C13H9BrN4S. The van der Waals surface area contributed by atoms with E-state index < -0.39 is 0 Å². The van der Waals surface area contributed by atoms with Crippen molar-refractivity contribution < 1.29 is 0 Å². The summed E-state index contributed by atoms with van der Waals surface area (Å²) in [7, 11) is 0. The Kier molecular flexibility index (Phi) is 3.35. The van der Waals surface area contributed by atoms with Gasteiger partial charge in [0.25, 0.3) is 0 Å². The van der Waals surface area contributed by atoms with Gasteiger partial charge in [-0.3, -0.25) is 0 Å². The quantitative estimate of drug-likeness (QED) is 0.727. The molecule has 2 N–H and O–H groups in total. The van der Waals surface area contributed by atoms with Crippen LogP contribution in [0.2, 0.25) is 0 Å². The molecule has 0 saturated carbocycles. The summed E-state index contributed by atoms with van der Waals surface area (Å²) < 4.78 is 0.948. The Morgan fingerprint density at radius 1 is 1.05 bits per heavy atom. The number of para-hydroxylation sites is 1. The third kappa shape index (κ3) is 2.69. The predicted molar refractivity (Wildman–Crippen MR) is 80.0 cm³/mol. The number of halogens is 1. The normalized spacial score (nSPS) is 10.8. The fraction of sp³-hybridized carbons (Fsp3) is 0. The molecule has 0 aliphatic heterocycles. The third-order valence-electron chi connectivity index (χ3n) is 2.49. The van der Waals surface area contributed by atoms with Gasteiger partial charge in [-0.2, -0.15) is 0 Å². The van der Waals surface area contributed by atoms with E-state index in [1.165, 1.54) is 11.8 Å². The molecule has 0 bridgehead atoms. The highest BCUT2D eigenvalue weighted by Crippen LogP contribution is 2.31. The van der Waals surface area contributed by atoms with E-state index in [-0.39, 0.29) is 5.95 Å². The minimum absolute atomic E-state index is 0.276. The molecule has 0 unspecified atom stereocenters. The number of benzene rings is 1. The number of nitrogen functional groups attached to an aromatic ring is 1. The average molecular weight is 333 g/mol. The highest BCUT2D eigenvalue weighted by Gasteiger charge is 2.08. The Balaban J connectivity index is 2.07. The first-order valence-electron chi connectivity index (χ1n) is 5.54. The number of rotatable bonds is 2. The van der Waals surface area contributed by atoms with Crippen LogP contribution < -0.4 is 5.73 Å². The highest BCUT2D eigenvalue weighted by molar-refractivity contribution is 9.10. The van der Waals surface area contributed by atoms with Crippen molar-refractivity contribution >= 4 is 44.5 Å². The van der Waals surface area contributed by atoms with Gasteiger partial charge in [-0.25, -0.2) is 15.0 Å². The van der Waals surface area contributed by atoms with E-state index in [0.29, 0.717) is 0 Å². The second-order valence-electron chi connectivity index (χ2n) is 3.82. The number of hydrogen-bond donors (Lipinski definition) is 1. The van der Waals surface area contributed by atoms with Gasteiger partial charge in [0.2, 0.25) is 5.95 Å². The molecule has 0 fully saturated rings. The number of pyridine rings is 1. The molecule has 0 atom stereocenters. The van der Waals surface area contributed by atoms with Gasteiger partial charge in [-0.05, 0) is 45.9 Å². The molecule has 0 saturated heterocycles. The molecule has 94 valence electrons. The molecule has 0 spiro atoms. The van der Waals surface area contributed by atoms with Crippen LogP contribution in [0.1, 0.15) is 0 Å². The number of anilines is 1. The van der Waals surface area contributed by atoms with E-state index in [1.54, 1.807) is 6.20 Å². The van der Waals surface area contributed by atoms with Crippen molar-refractivity contribution in [3.05, 3.63) is 47.1 Å². The highest BCUT2D eigenvalue weighted by atomic mass is 79.9. The number of hydrogen-bond acceptors (Lipinski definition) is 5. The van der Waals surface area contributed by atoms with Gasteiger partial charge in [0.15, 0.2) is 0 Å². The summed E-state index contributed by atoms with van der Waals surface area (Å²) in [6.45, 7) is 0. The van der Waals surface area contributed by atoms with Crippen LogP contribution >= 0.6 is 27.7 Å². The summed E-state index contributed by atoms with van der Waals surface area (Å²) in [6, 6.07) is 11.7. The first-order valence-corrected chi connectivity index (χ1v) is 7.15. The van der Waals surface area contributed by atoms with Crippen LogP contribution in [-0.2, 0) is 0 Å². The molecule has 1 aromatic carbocycles. The maximum Gasteiger partial charge on any atom is 0.221 e. The van der Waals surface area contributed by atoms with Gasteiger partial charge in [0.1, 0.15) is 10.1 Å². The number of aromatic nitrogens is 3. The zero-order valence-electron chi connectivity index (χ0n) is 9.75. The minimum atomic E-state index is 0.276. The molecule has 2 aromatic heterocycles. The zero-order chi connectivity index (χ0) is 13.2. The van der Waals surface area contributed by atoms with E-state index in [0.717, 1.165) is 25.4 Å². The maximum absolute atomic E-state index is 5.74. The molecule has 3 aromatic rings. The van der Waals surface area contributed by atoms with Crippen molar-refractivity contribution in [1.82, 2.24) is 15.0 Å². The van der Waals surface area contributed by atoms with Gasteiger partial charge >= 0.3 is 0 Å². The molecule has 0 amide bonds. The van der Waals surface area contributed by atoms with Crippen LogP contribution in [0.15, 0.2) is 57.1 Å². The molecule has 2 heterocycles. The summed E-state index contributed by atoms with van der Waals surface area (Å²) in [6.07, 6.45) is 1.76. The summed E-state index contributed by atoms with van der Waals surface area (Å²) in [4.78, 5) is 12.8. The van der Waals surface area contributed by atoms with Crippen molar-refractivity contribution in [2.75, 3.05) is 5.73 Å². The fourth-order valence-corrected chi connectivity index (χ4v) is 2.76. The van der Waals surface area contributed by atoms with Crippen molar-refractivity contribution in [3.8, 4) is 0 Å². The van der Waals surface area contributed by atoms with Crippen molar-refractivity contribution in [3.63, 3.8) is 0 Å². The topological polar surface area (TPSA) is 64.7 Å². The van der Waals surface area contributed by atoms with E-state index in [9.17, 15) is 0 Å². The largest absolute Gasteiger partial charge is 0.368 e. The van der Waals surface area contributed by atoms with Crippen LogP contribution in [0.5, 0.6) is 0 Å². The van der Waals surface area contributed by atoms with E-state index in [1.807, 2.05) is 36.4 Å². The molecular weight excluding hydrogens is 324 g/mol. The van der Waals surface area contributed by atoms with Crippen LogP contribution in [0, 0.1) is 0 Å². The lowest BCUT2D eigenvalue weighted by molar-refractivity contribution is 1.09. The Morgan fingerprint density at radius 2 is 1.89 bits per heavy atom. The van der Waals surface area contributed by atoms with Gasteiger partial charge in [0, 0.05) is 16.1 Å². The van der Waals surface area contributed by atoms with Crippen LogP contribution in [0.25, 0.3) is 10.9 Å². The Morgan fingerprint density at radius 3 is 2.68 bits per heavy atom. The predicted octanol–water partition coefficient (Wildman–Crippen LogP) is 3.52. The zero-order valence-corrected chi connectivity index (χ0v) is 12.1. The Hall–Kier alpha value is -1.66. The number of fused-ring (bicyclic) bond motifs is 1. The minimum Gasteiger partial charge on any atom is -0.368 e. The van der Waals surface area contributed by atoms with Crippen molar-refractivity contribution in [1.29, 1.82) is 0 Å². The second kappa shape index (κ2) is 5.14. The molecule has 3 rings (SSSR count). The average Bonchev–Trinajstić information content (AvgIpc) is 2.41. The van der Waals surface area contributed by atoms with E-state index >= 15 is 0 Å². The molecule has 0 aliphatic carbocycles. The third-order valence-corrected chi connectivity index (χ3v) is 3.91. The van der Waals surface area contributed by atoms with E-state index in [2.05, 4.69) is 30.9 Å². The lowest BCUT2D eigenvalue weighted by Crippen LogP contribution is -1.97. The van der Waals surface area contributed by atoms with E-state index in [4.69, 9.17) is 5.73 Å². The monoisotopic (exact) mass is 332 g/mol. The summed E-state index contributed by atoms with van der Waals surface area (Å²) in [5.41, 5.74) is 6.58. The molecule has 0 aliphatic rings. The van der Waals surface area contributed by atoms with Crippen molar-refractivity contribution in [2.24, 2.45) is 0 Å². The Labute approximate surface area is 122 Å². The summed E-state index contributed by atoms with van der Waals surface area (Å²) >= 11 is 4.84. The van der Waals surface area contributed by atoms with Crippen LogP contribution in [0.4, 0.5) is 5.95 Å². The summed E-state index contributed by atoms with van der Waals surface area (Å²) in [5.74, 6) is 0.276. The lowest BCUT2D eigenvalue weighted by Gasteiger charge is -2.05. The van der Waals surface area contributed by atoms with Crippen molar-refractivity contribution in [2.45, 2.75) is 10.1 Å².